The van der Waals surface area contributed by atoms with Gasteiger partial charge in [-0.1, -0.05) is 6.07 Å². The minimum atomic E-state index is -0.934. The maximum absolute atomic E-state index is 10.3. The van der Waals surface area contributed by atoms with E-state index >= 15 is 0 Å². The largest absolute Gasteiger partial charge is 0.508 e. The third kappa shape index (κ3) is 3.04. The molecule has 5 N–H and O–H groups in total. The van der Waals surface area contributed by atoms with Gasteiger partial charge in [-0.25, -0.2) is 0 Å². The van der Waals surface area contributed by atoms with Gasteiger partial charge in [0.05, 0.1) is 12.7 Å². The third-order valence-electron chi connectivity index (χ3n) is 3.85. The molecule has 128 valence electrons. The van der Waals surface area contributed by atoms with Crippen molar-refractivity contribution in [3.63, 3.8) is 0 Å². The molecule has 0 saturated heterocycles. The summed E-state index contributed by atoms with van der Waals surface area (Å²) < 4.78 is 10.9. The molecule has 7 heteroatoms. The topological polar surface area (TPSA) is 120 Å². The van der Waals surface area contributed by atoms with Crippen molar-refractivity contribution in [1.82, 2.24) is 0 Å². The smallest absolute Gasteiger partial charge is 0.161 e. The summed E-state index contributed by atoms with van der Waals surface area (Å²) >= 11 is 0. The van der Waals surface area contributed by atoms with Crippen LogP contribution in [0.1, 0.15) is 17.2 Å². The number of hydrogen-bond acceptors (Lipinski definition) is 7. The van der Waals surface area contributed by atoms with Crippen LogP contribution in [0.5, 0.6) is 28.7 Å². The first-order valence-corrected chi connectivity index (χ1v) is 7.45. The molecule has 0 spiro atoms. The molecule has 0 saturated carbocycles. The second-order valence-corrected chi connectivity index (χ2v) is 5.55. The van der Waals surface area contributed by atoms with E-state index < -0.39 is 12.2 Å². The number of fused-ring (bicyclic) bond motifs is 1. The fourth-order valence-corrected chi connectivity index (χ4v) is 2.74. The minimum Gasteiger partial charge on any atom is -0.508 e. The number of aliphatic hydroxyl groups is 2. The third-order valence-corrected chi connectivity index (χ3v) is 3.85. The SMILES string of the molecule is OCCOc1ccc(C2Oc3cc(O)cc(O)c3CC2O)cc1O. The lowest BCUT2D eigenvalue weighted by Crippen LogP contribution is -2.30. The van der Waals surface area contributed by atoms with Crippen LogP contribution in [0.4, 0.5) is 0 Å². The van der Waals surface area contributed by atoms with Crippen molar-refractivity contribution < 1.29 is 35.0 Å². The number of phenolic OH excluding ortho intramolecular Hbond substituents is 3. The van der Waals surface area contributed by atoms with E-state index in [1.54, 1.807) is 6.07 Å². The molecular formula is C17H18O7. The molecule has 0 bridgehead atoms. The standard InChI is InChI=1S/C17H18O7/c18-3-4-23-15-2-1-9(5-13(15)21)17-14(22)8-11-12(20)6-10(19)7-16(11)24-17/h1-2,5-7,14,17-22H,3-4,8H2. The van der Waals surface area contributed by atoms with Gasteiger partial charge in [-0.2, -0.15) is 0 Å². The van der Waals surface area contributed by atoms with Crippen LogP contribution in [0.15, 0.2) is 30.3 Å². The monoisotopic (exact) mass is 334 g/mol. The van der Waals surface area contributed by atoms with Crippen LogP contribution in [-0.4, -0.2) is 44.9 Å². The van der Waals surface area contributed by atoms with Crippen molar-refractivity contribution in [2.45, 2.75) is 18.6 Å². The Labute approximate surface area is 138 Å². The molecule has 0 amide bonds. The maximum Gasteiger partial charge on any atom is 0.161 e. The van der Waals surface area contributed by atoms with E-state index in [1.807, 2.05) is 0 Å². The summed E-state index contributed by atoms with van der Waals surface area (Å²) in [5.41, 5.74) is 0.938. The summed E-state index contributed by atoms with van der Waals surface area (Å²) in [4.78, 5) is 0. The van der Waals surface area contributed by atoms with E-state index in [0.717, 1.165) is 0 Å². The van der Waals surface area contributed by atoms with Gasteiger partial charge in [-0.3, -0.25) is 0 Å². The van der Waals surface area contributed by atoms with Gasteiger partial charge in [-0.05, 0) is 17.7 Å². The number of ether oxygens (including phenoxy) is 2. The zero-order valence-corrected chi connectivity index (χ0v) is 12.7. The molecule has 7 nitrogen and oxygen atoms in total. The molecule has 2 aromatic carbocycles. The summed E-state index contributed by atoms with van der Waals surface area (Å²) in [6.07, 6.45) is -1.55. The van der Waals surface area contributed by atoms with Gasteiger partial charge in [-0.15, -0.1) is 0 Å². The Morgan fingerprint density at radius 2 is 1.88 bits per heavy atom. The Kier molecular flexibility index (Phi) is 4.37. The zero-order valence-electron chi connectivity index (χ0n) is 12.7. The Morgan fingerprint density at radius 1 is 1.08 bits per heavy atom. The van der Waals surface area contributed by atoms with Gasteiger partial charge in [0.1, 0.15) is 30.0 Å². The summed E-state index contributed by atoms with van der Waals surface area (Å²) in [5.74, 6) is 0.0769. The lowest BCUT2D eigenvalue weighted by molar-refractivity contribution is 0.0197. The van der Waals surface area contributed by atoms with Gasteiger partial charge in [0.15, 0.2) is 11.5 Å². The normalized spacial score (nSPS) is 19.4. The quantitative estimate of drug-likeness (QED) is 0.570. The first-order valence-electron chi connectivity index (χ1n) is 7.45. The van der Waals surface area contributed by atoms with Gasteiger partial charge in [0, 0.05) is 24.1 Å². The molecule has 1 heterocycles. The van der Waals surface area contributed by atoms with Gasteiger partial charge in [0.2, 0.25) is 0 Å². The Morgan fingerprint density at radius 3 is 2.58 bits per heavy atom. The molecule has 0 aliphatic carbocycles. The lowest BCUT2D eigenvalue weighted by Gasteiger charge is -2.31. The average Bonchev–Trinajstić information content (AvgIpc) is 2.54. The van der Waals surface area contributed by atoms with Crippen molar-refractivity contribution in [3.8, 4) is 28.7 Å². The molecule has 3 rings (SSSR count). The van der Waals surface area contributed by atoms with Gasteiger partial charge >= 0.3 is 0 Å². The highest BCUT2D eigenvalue weighted by molar-refractivity contribution is 5.52. The summed E-state index contributed by atoms with van der Waals surface area (Å²) in [6, 6.07) is 7.12. The second kappa shape index (κ2) is 6.46. The molecule has 2 unspecified atom stereocenters. The van der Waals surface area contributed by atoms with E-state index in [4.69, 9.17) is 14.6 Å². The van der Waals surface area contributed by atoms with Crippen LogP contribution in [-0.2, 0) is 6.42 Å². The number of phenols is 3. The summed E-state index contributed by atoms with van der Waals surface area (Å²) in [7, 11) is 0. The van der Waals surface area contributed by atoms with Crippen molar-refractivity contribution in [3.05, 3.63) is 41.5 Å². The molecule has 0 aromatic heterocycles. The lowest BCUT2D eigenvalue weighted by atomic mass is 9.94. The molecule has 1 aliphatic rings. The zero-order chi connectivity index (χ0) is 17.3. The highest BCUT2D eigenvalue weighted by atomic mass is 16.5. The number of benzene rings is 2. The highest BCUT2D eigenvalue weighted by Gasteiger charge is 2.32. The van der Waals surface area contributed by atoms with Crippen LogP contribution in [0.3, 0.4) is 0 Å². The molecule has 24 heavy (non-hydrogen) atoms. The average molecular weight is 334 g/mol. The summed E-state index contributed by atoms with van der Waals surface area (Å²) in [5, 5.41) is 48.5. The predicted molar refractivity (Wildman–Crippen MR) is 83.5 cm³/mol. The van der Waals surface area contributed by atoms with Crippen molar-refractivity contribution in [1.29, 1.82) is 0 Å². The van der Waals surface area contributed by atoms with Crippen LogP contribution >= 0.6 is 0 Å². The van der Waals surface area contributed by atoms with Gasteiger partial charge in [0.25, 0.3) is 0 Å². The number of hydrogen-bond donors (Lipinski definition) is 5. The Bertz CT molecular complexity index is 744. The van der Waals surface area contributed by atoms with Gasteiger partial charge < -0.3 is 35.0 Å². The number of aromatic hydroxyl groups is 3. The van der Waals surface area contributed by atoms with Crippen molar-refractivity contribution in [2.24, 2.45) is 0 Å². The molecule has 0 radical (unpaired) electrons. The van der Waals surface area contributed by atoms with Crippen LogP contribution in [0.2, 0.25) is 0 Å². The van der Waals surface area contributed by atoms with E-state index in [0.29, 0.717) is 11.1 Å². The van der Waals surface area contributed by atoms with E-state index in [1.165, 1.54) is 24.3 Å². The highest BCUT2D eigenvalue weighted by Crippen LogP contribution is 2.42. The van der Waals surface area contributed by atoms with Crippen LogP contribution in [0.25, 0.3) is 0 Å². The fourth-order valence-electron chi connectivity index (χ4n) is 2.74. The Balaban J connectivity index is 1.88. The molecule has 1 aliphatic heterocycles. The number of aliphatic hydroxyl groups excluding tert-OH is 2. The second-order valence-electron chi connectivity index (χ2n) is 5.55. The van der Waals surface area contributed by atoms with Crippen molar-refractivity contribution in [2.75, 3.05) is 13.2 Å². The predicted octanol–water partition coefficient (Wildman–Crippen LogP) is 1.21. The van der Waals surface area contributed by atoms with E-state index in [9.17, 15) is 20.4 Å². The number of rotatable bonds is 4. The van der Waals surface area contributed by atoms with Crippen molar-refractivity contribution >= 4 is 0 Å². The molecular weight excluding hydrogens is 316 g/mol. The minimum absolute atomic E-state index is 0.0569. The van der Waals surface area contributed by atoms with Crippen LogP contribution < -0.4 is 9.47 Å². The van der Waals surface area contributed by atoms with E-state index in [-0.39, 0.29) is 48.4 Å². The first-order chi connectivity index (χ1) is 11.5. The fraction of sp³-hybridized carbons (Fsp3) is 0.294. The van der Waals surface area contributed by atoms with E-state index in [2.05, 4.69) is 0 Å². The Hall–Kier alpha value is -2.64. The maximum atomic E-state index is 10.3. The first kappa shape index (κ1) is 16.2. The molecule has 2 aromatic rings. The molecule has 2 atom stereocenters. The molecule has 0 fully saturated rings. The summed E-state index contributed by atoms with van der Waals surface area (Å²) in [6.45, 7) is -0.114. The van der Waals surface area contributed by atoms with Crippen LogP contribution in [0, 0.1) is 0 Å².